The van der Waals surface area contributed by atoms with Gasteiger partial charge in [0.15, 0.2) is 55.5 Å². The Labute approximate surface area is 791 Å². The van der Waals surface area contributed by atoms with Gasteiger partial charge in [-0.05, 0) is 59.8 Å². The van der Waals surface area contributed by atoms with Crippen LogP contribution in [0.25, 0.3) is 0 Å². The Morgan fingerprint density at radius 1 is 0.390 bits per heavy atom. The van der Waals surface area contributed by atoms with E-state index in [0.29, 0.717) is 32.1 Å². The average molecular weight is 1970 g/mol. The van der Waals surface area contributed by atoms with E-state index < -0.39 is 246 Å². The maximum atomic E-state index is 15.2. The van der Waals surface area contributed by atoms with Crippen molar-refractivity contribution >= 4 is 110 Å². The zero-order chi connectivity index (χ0) is 101. The van der Waals surface area contributed by atoms with Crippen molar-refractivity contribution in [3.63, 3.8) is 0 Å². The fourth-order valence-corrected chi connectivity index (χ4v) is 16.2. The fourth-order valence-electron chi connectivity index (χ4n) is 14.4. The summed E-state index contributed by atoms with van der Waals surface area (Å²) in [5, 5.41) is 18.7. The molecule has 0 bridgehead atoms. The molecule has 49 nitrogen and oxygen atoms in total. The molecule has 3 saturated heterocycles. The van der Waals surface area contributed by atoms with Crippen LogP contribution in [0.15, 0.2) is 0 Å². The van der Waals surface area contributed by atoms with Crippen LogP contribution in [0.1, 0.15) is 156 Å². The van der Waals surface area contributed by atoms with Gasteiger partial charge in [0.1, 0.15) is 75.4 Å². The highest BCUT2D eigenvalue weighted by Crippen LogP contribution is 2.49. The Bertz CT molecular complexity index is 3700. The Kier molecular flexibility index (Phi) is 57.0. The van der Waals surface area contributed by atoms with Crippen LogP contribution in [0.2, 0.25) is 0 Å². The number of carbonyl (C=O) groups is 17. The predicted molar refractivity (Wildman–Crippen MR) is 467 cm³/mol. The maximum Gasteiger partial charge on any atom is 0.303 e. The minimum Gasteiger partial charge on any atom is -0.463 e. The Balaban J connectivity index is 1.49. The number of rotatable bonds is 63. The molecule has 4 aliphatic rings. The first-order chi connectivity index (χ1) is 64.6. The molecule has 50 heteroatoms. The molecule has 3 aliphatic heterocycles. The van der Waals surface area contributed by atoms with Crippen molar-refractivity contribution in [3.8, 4) is 12.3 Å². The third kappa shape index (κ3) is 47.2. The lowest BCUT2D eigenvalue weighted by molar-refractivity contribution is -0.279. The molecule has 17 unspecified atom stereocenters. The molecule has 3 heterocycles. The second-order valence-corrected chi connectivity index (χ2v) is 33.4. The summed E-state index contributed by atoms with van der Waals surface area (Å²) >= 11 is 0. The van der Waals surface area contributed by atoms with Crippen LogP contribution in [-0.2, 0) is 190 Å². The summed E-state index contributed by atoms with van der Waals surface area (Å²) in [5.41, 5.74) is 0. The zero-order valence-electron chi connectivity index (χ0n) is 80.2. The number of amides is 8. The number of ether oxygens (including phenoxy) is 21. The second-order valence-electron chi connectivity index (χ2n) is 32.0. The molecule has 0 aromatic heterocycles. The summed E-state index contributed by atoms with van der Waals surface area (Å²) in [6.45, 7) is 17.7. The predicted octanol–water partition coefficient (Wildman–Crippen LogP) is -1.49. The largest absolute Gasteiger partial charge is 0.463 e. The number of nitrogens with one attached hydrogen (secondary N) is 7. The monoisotopic (exact) mass is 1970 g/mol. The van der Waals surface area contributed by atoms with Crippen LogP contribution in [0, 0.1) is 18.3 Å². The van der Waals surface area contributed by atoms with Crippen LogP contribution < -0.4 is 37.2 Å². The minimum absolute atomic E-state index is 0.00781. The van der Waals surface area contributed by atoms with Crippen molar-refractivity contribution in [2.24, 2.45) is 5.92 Å². The number of hydrogen-bond donors (Lipinski definition) is 7. The van der Waals surface area contributed by atoms with Crippen LogP contribution in [0.5, 0.6) is 0 Å². The van der Waals surface area contributed by atoms with E-state index in [1.54, 1.807) is 0 Å². The van der Waals surface area contributed by atoms with E-state index in [1.807, 2.05) is 27.7 Å². The molecule has 7 N–H and O–H groups in total. The van der Waals surface area contributed by atoms with Gasteiger partial charge in [0.2, 0.25) is 47.3 Å². The highest BCUT2D eigenvalue weighted by molar-refractivity contribution is 7.44. The van der Waals surface area contributed by atoms with E-state index in [4.69, 9.17) is 115 Å². The summed E-state index contributed by atoms with van der Waals surface area (Å²) < 4.78 is 133. The van der Waals surface area contributed by atoms with Crippen molar-refractivity contribution < 1.29 is 190 Å². The van der Waals surface area contributed by atoms with Gasteiger partial charge >= 0.3 is 53.7 Å². The average Bonchev–Trinajstić information content (AvgIpc) is 0.793. The first-order valence-electron chi connectivity index (χ1n) is 44.8. The van der Waals surface area contributed by atoms with Crippen molar-refractivity contribution in [1.82, 2.24) is 46.8 Å². The van der Waals surface area contributed by atoms with Gasteiger partial charge in [-0.3, -0.25) is 81.5 Å². The Hall–Kier alpha value is -9.62. The van der Waals surface area contributed by atoms with Crippen molar-refractivity contribution in [2.75, 3.05) is 158 Å². The van der Waals surface area contributed by atoms with Crippen LogP contribution in [0.3, 0.4) is 0 Å². The van der Waals surface area contributed by atoms with E-state index in [9.17, 15) is 76.7 Å². The highest BCUT2D eigenvalue weighted by atomic mass is 31.2. The van der Waals surface area contributed by atoms with Gasteiger partial charge in [0, 0.05) is 134 Å². The molecule has 4 rings (SSSR count). The molecule has 17 atom stereocenters. The van der Waals surface area contributed by atoms with Crippen LogP contribution in [-0.4, -0.2) is 385 Å². The number of hydrogen-bond acceptors (Lipinski definition) is 41. The fraction of sp³-hybridized carbons (Fsp3) is 0.779. The highest BCUT2D eigenvalue weighted by Gasteiger charge is 2.55. The van der Waals surface area contributed by atoms with Crippen molar-refractivity contribution in [1.29, 1.82) is 0 Å². The van der Waals surface area contributed by atoms with E-state index in [2.05, 4.69) is 47.8 Å². The molecular formula is C86H138N9O40P. The lowest BCUT2D eigenvalue weighted by atomic mass is 9.86. The second kappa shape index (κ2) is 65.3. The number of nitrogens with zero attached hydrogens (tertiary/aromatic N) is 2. The first kappa shape index (κ1) is 119. The van der Waals surface area contributed by atoms with Gasteiger partial charge in [0.25, 0.3) is 8.53 Å². The van der Waals surface area contributed by atoms with Crippen LogP contribution in [0.4, 0.5) is 0 Å². The van der Waals surface area contributed by atoms with Crippen molar-refractivity contribution in [2.45, 2.75) is 272 Å². The molecule has 136 heavy (non-hydrogen) atoms. The SMILES string of the molecule is C#CCCOP(OC1CCC(C(=O)NC(CCC(=O)NCCOCCOCCOC2OC(COC(C)=O)C(OC(C)=O)C(OC(C)=O)C2NC(C)=O)C(=O)N(CC(=O)NCCOCCOCCOC2OC(COC(C)=O)C(OC(C)=O)C(OC(C)=O)C2NC(C)=O)CC(=O)NCCOCCOCCOC2OC(COC(C)=O)C(OC(C)=O)C(OC(C)=O)C2NC(C)=O)CC1)N(C(C)C)C(C)C. The summed E-state index contributed by atoms with van der Waals surface area (Å²) in [6, 6.07) is -5.10. The third-order valence-corrected chi connectivity index (χ3v) is 22.0. The molecular weight excluding hydrogens is 1830 g/mol. The first-order valence-corrected chi connectivity index (χ1v) is 46.0. The summed E-state index contributed by atoms with van der Waals surface area (Å²) in [4.78, 5) is 219. The molecule has 0 radical (unpaired) electrons. The Morgan fingerprint density at radius 2 is 0.699 bits per heavy atom. The Morgan fingerprint density at radius 3 is 1.00 bits per heavy atom. The third-order valence-electron chi connectivity index (χ3n) is 19.8. The topological polar surface area (TPSA) is 593 Å². The summed E-state index contributed by atoms with van der Waals surface area (Å²) in [5.74, 6) is -10.3. The van der Waals surface area contributed by atoms with Gasteiger partial charge in [-0.1, -0.05) is 0 Å². The summed E-state index contributed by atoms with van der Waals surface area (Å²) in [6.07, 6.45) is -9.42. The van der Waals surface area contributed by atoms with Crippen molar-refractivity contribution in [3.05, 3.63) is 0 Å². The van der Waals surface area contributed by atoms with E-state index in [0.717, 1.165) is 67.2 Å². The van der Waals surface area contributed by atoms with E-state index in [-0.39, 0.29) is 156 Å². The van der Waals surface area contributed by atoms with Gasteiger partial charge < -0.3 is 151 Å². The van der Waals surface area contributed by atoms with E-state index >= 15 is 4.79 Å². The molecule has 772 valence electrons. The molecule has 8 amide bonds. The summed E-state index contributed by atoms with van der Waals surface area (Å²) in [7, 11) is -1.58. The molecule has 1 saturated carbocycles. The van der Waals surface area contributed by atoms with Gasteiger partial charge in [-0.2, -0.15) is 0 Å². The molecule has 0 spiro atoms. The zero-order valence-corrected chi connectivity index (χ0v) is 81.1. The number of esters is 9. The number of carbonyl (C=O) groups excluding carboxylic acids is 17. The van der Waals surface area contributed by atoms with Gasteiger partial charge in [-0.25, -0.2) is 4.67 Å². The lowest BCUT2D eigenvalue weighted by Crippen LogP contribution is -2.66. The minimum atomic E-state index is -1.58. The molecule has 0 aromatic carbocycles. The smallest absolute Gasteiger partial charge is 0.303 e. The molecule has 1 aliphatic carbocycles. The normalized spacial score (nSPS) is 23.4. The number of terminal acetylenes is 1. The van der Waals surface area contributed by atoms with Gasteiger partial charge in [-0.15, -0.1) is 12.3 Å². The maximum absolute atomic E-state index is 15.2. The van der Waals surface area contributed by atoms with E-state index in [1.165, 1.54) is 20.8 Å². The standard InChI is InChI=1S/C86H138N9O40P/c1-18-19-29-125-136(95(50(2)3)51(4)5)135-65-22-20-64(21-23-65)82(111)93-66(24-25-70(108)87-26-30-113-33-36-116-39-42-119-84-73(90-52(6)96)79(129-61(15)105)76(126-58(12)102)67(132-84)47-122-55(9)99)83(112)94(45-71(109)88-27-31-114-34-37-117-40-43-120-85-74(91-53(7)97)80(130-62(16)106)77(127-59(13)103)68(133-85)48-123-56(10)100)46-72(110)89-28-32-115-35-38-118-41-44-121-86-75(92-54(8)98)81(131-63(17)107)78(128-60(14)104)69(134-86)49-124-57(11)101/h1,50-51,64-69,73-81,84-86H,19-49H2,2-17H3,(H,87,108)(H,88,109)(H,89,110)(H,90,96)(H,91,97)(H,92,98)(H,93,111). The molecule has 0 aromatic rings. The quantitative estimate of drug-likeness (QED) is 0.0120. The van der Waals surface area contributed by atoms with Crippen LogP contribution >= 0.6 is 8.53 Å². The van der Waals surface area contributed by atoms with Gasteiger partial charge in [0.05, 0.1) is 112 Å². The molecule has 4 fully saturated rings. The lowest BCUT2D eigenvalue weighted by Gasteiger charge is -2.44.